The van der Waals surface area contributed by atoms with Crippen molar-refractivity contribution >= 4 is 62.1 Å². The van der Waals surface area contributed by atoms with Gasteiger partial charge in [0.1, 0.15) is 12.3 Å². The number of benzene rings is 6. The number of hydrogen-bond acceptors (Lipinski definition) is 6. The number of hydrogen-bond donors (Lipinski definition) is 0. The fourth-order valence-electron chi connectivity index (χ4n) is 10.5. The summed E-state index contributed by atoms with van der Waals surface area (Å²) in [5.41, 5.74) is 12.1. The number of aryl methyl sites for hydroxylation is 2. The smallest absolute Gasteiger partial charge is 0.178 e. The van der Waals surface area contributed by atoms with E-state index >= 15 is 0 Å². The van der Waals surface area contributed by atoms with Crippen LogP contribution < -0.4 is 19.6 Å². The molecule has 7 aromatic rings. The minimum Gasteiger partial charge on any atom is -0.317 e. The highest BCUT2D eigenvalue weighted by atomic mass is 15.5. The first-order valence-electron chi connectivity index (χ1n) is 19.3. The van der Waals surface area contributed by atoms with E-state index in [9.17, 15) is 0 Å². The van der Waals surface area contributed by atoms with Crippen LogP contribution in [-0.4, -0.2) is 22.3 Å². The summed E-state index contributed by atoms with van der Waals surface area (Å²) >= 11 is 0. The molecule has 6 aromatic carbocycles. The summed E-state index contributed by atoms with van der Waals surface area (Å²) in [4.78, 5) is 20.6. The molecule has 0 amide bonds. The number of aromatic nitrogens is 2. The van der Waals surface area contributed by atoms with Crippen LogP contribution in [0.15, 0.2) is 152 Å². The third-order valence-electron chi connectivity index (χ3n) is 13.2. The third kappa shape index (κ3) is 4.20. The maximum Gasteiger partial charge on any atom is 0.178 e. The summed E-state index contributed by atoms with van der Waals surface area (Å²) < 4.78 is 0. The molecule has 0 radical (unpaired) electrons. The lowest BCUT2D eigenvalue weighted by atomic mass is 9.52. The Morgan fingerprint density at radius 3 is 1.85 bits per heavy atom. The van der Waals surface area contributed by atoms with Crippen molar-refractivity contribution in [3.63, 3.8) is 0 Å². The molecule has 4 aliphatic rings. The normalized spacial score (nSPS) is 23.2. The van der Waals surface area contributed by atoms with Crippen LogP contribution in [0.4, 0.5) is 45.8 Å². The number of anilines is 8. The highest BCUT2D eigenvalue weighted by molar-refractivity contribution is 6.01. The Balaban J connectivity index is 1.31. The molecular formula is C49H42N6. The number of rotatable bonds is 2. The Morgan fingerprint density at radius 1 is 0.545 bits per heavy atom. The minimum absolute atomic E-state index is 0.204. The zero-order valence-corrected chi connectivity index (χ0v) is 31.6. The van der Waals surface area contributed by atoms with Crippen LogP contribution in [0.25, 0.3) is 16.3 Å². The summed E-state index contributed by atoms with van der Waals surface area (Å²) in [5.74, 6) is 1.75. The molecule has 5 heterocycles. The second-order valence-corrected chi connectivity index (χ2v) is 16.2. The number of fused-ring (bicyclic) bond motifs is 15. The van der Waals surface area contributed by atoms with Gasteiger partial charge in [-0.15, -0.1) is 0 Å². The zero-order valence-electron chi connectivity index (χ0n) is 31.6. The highest BCUT2D eigenvalue weighted by Gasteiger charge is 2.69. The Bertz CT molecular complexity index is 2710. The van der Waals surface area contributed by atoms with Crippen LogP contribution in [-0.2, 0) is 5.41 Å². The van der Waals surface area contributed by atoms with Crippen LogP contribution in [0, 0.1) is 19.3 Å². The maximum atomic E-state index is 5.16. The summed E-state index contributed by atoms with van der Waals surface area (Å²) in [7, 11) is 0. The predicted molar refractivity (Wildman–Crippen MR) is 226 cm³/mol. The van der Waals surface area contributed by atoms with Gasteiger partial charge < -0.3 is 19.6 Å². The molecule has 1 aromatic heterocycles. The second-order valence-electron chi connectivity index (χ2n) is 16.2. The summed E-state index contributed by atoms with van der Waals surface area (Å²) in [6, 6.07) is 49.4. The van der Waals surface area contributed by atoms with Gasteiger partial charge in [-0.05, 0) is 90.7 Å². The van der Waals surface area contributed by atoms with E-state index in [0.717, 1.165) is 35.0 Å². The molecule has 0 spiro atoms. The van der Waals surface area contributed by atoms with E-state index in [-0.39, 0.29) is 12.3 Å². The van der Waals surface area contributed by atoms with Crippen molar-refractivity contribution in [3.05, 3.63) is 175 Å². The summed E-state index contributed by atoms with van der Waals surface area (Å²) in [6.45, 7) is 14.4. The van der Waals surface area contributed by atoms with E-state index in [1.165, 1.54) is 55.8 Å². The highest BCUT2D eigenvalue weighted by Crippen LogP contribution is 2.69. The lowest BCUT2D eigenvalue weighted by Crippen LogP contribution is -2.71. The molecule has 11 rings (SSSR count). The van der Waals surface area contributed by atoms with Gasteiger partial charge in [0.25, 0.3) is 0 Å². The van der Waals surface area contributed by atoms with Crippen LogP contribution in [0.3, 0.4) is 0 Å². The van der Waals surface area contributed by atoms with Gasteiger partial charge in [0.05, 0.1) is 22.5 Å². The first-order chi connectivity index (χ1) is 26.8. The maximum absolute atomic E-state index is 5.16. The van der Waals surface area contributed by atoms with E-state index in [2.05, 4.69) is 181 Å². The topological polar surface area (TPSA) is 38.7 Å². The molecule has 0 aliphatic carbocycles. The van der Waals surface area contributed by atoms with Crippen molar-refractivity contribution < 1.29 is 0 Å². The lowest BCUT2D eigenvalue weighted by molar-refractivity contribution is 0.0791. The molecular weight excluding hydrogens is 673 g/mol. The van der Waals surface area contributed by atoms with Crippen molar-refractivity contribution in [2.45, 2.75) is 51.9 Å². The minimum atomic E-state index is -0.571. The molecule has 0 N–H and O–H groups in total. The molecule has 0 bridgehead atoms. The fourth-order valence-corrected chi connectivity index (χ4v) is 10.5. The van der Waals surface area contributed by atoms with Gasteiger partial charge in [0.2, 0.25) is 0 Å². The number of allylic oxidation sites excluding steroid dienone is 1. The molecule has 0 saturated carbocycles. The average Bonchev–Trinajstić information content (AvgIpc) is 3.73. The van der Waals surface area contributed by atoms with Gasteiger partial charge in [0.15, 0.2) is 11.6 Å². The van der Waals surface area contributed by atoms with Gasteiger partial charge in [-0.3, -0.25) is 0 Å². The quantitative estimate of drug-likeness (QED) is 0.178. The molecule has 4 atom stereocenters. The Hall–Kier alpha value is -6.40. The predicted octanol–water partition coefficient (Wildman–Crippen LogP) is 11.9. The molecule has 4 aliphatic heterocycles. The van der Waals surface area contributed by atoms with Crippen molar-refractivity contribution in [3.8, 4) is 0 Å². The molecule has 268 valence electrons. The van der Waals surface area contributed by atoms with Crippen LogP contribution in [0.5, 0.6) is 0 Å². The van der Waals surface area contributed by atoms with Crippen molar-refractivity contribution in [1.82, 2.24) is 9.97 Å². The van der Waals surface area contributed by atoms with Crippen molar-refractivity contribution in [2.24, 2.45) is 5.41 Å². The van der Waals surface area contributed by atoms with Crippen LogP contribution in [0.1, 0.15) is 42.5 Å². The second kappa shape index (κ2) is 11.3. The van der Waals surface area contributed by atoms with Gasteiger partial charge in [-0.2, -0.15) is 0 Å². The van der Waals surface area contributed by atoms with E-state index in [0.29, 0.717) is 0 Å². The van der Waals surface area contributed by atoms with E-state index < -0.39 is 10.8 Å². The molecule has 6 nitrogen and oxygen atoms in total. The molecule has 4 unspecified atom stereocenters. The monoisotopic (exact) mass is 714 g/mol. The van der Waals surface area contributed by atoms with E-state index in [1.54, 1.807) is 0 Å². The molecule has 0 fully saturated rings. The fraction of sp³-hybridized carbons (Fsp3) is 0.184. The van der Waals surface area contributed by atoms with Gasteiger partial charge in [0, 0.05) is 40.4 Å². The lowest BCUT2D eigenvalue weighted by Gasteiger charge is -2.64. The standard InChI is InChI=1S/C49H42N6/c1-31-19-22-37(23-20-31)53-44-45(51-26-25-50-44)55-41-24-21-32(2)27-39(41)48(4)30-33(3)38-17-11-12-18-40(38)54-43-29-35-14-10-9-13-34(35)28-42(43)52(36-15-7-6-8-16-36)46(54)49(48,5)47(53)55/h6-29,46-47H,3,30H2,1-2,4-5H3. The van der Waals surface area contributed by atoms with Crippen LogP contribution in [0.2, 0.25) is 0 Å². The molecule has 0 saturated heterocycles. The first kappa shape index (κ1) is 32.1. The van der Waals surface area contributed by atoms with Gasteiger partial charge in [-0.1, -0.05) is 116 Å². The third-order valence-corrected chi connectivity index (χ3v) is 13.2. The Labute approximate surface area is 322 Å². The Kier molecular flexibility index (Phi) is 6.59. The Morgan fingerprint density at radius 2 is 1.13 bits per heavy atom. The molecule has 6 heteroatoms. The van der Waals surface area contributed by atoms with Crippen molar-refractivity contribution in [2.75, 3.05) is 19.6 Å². The first-order valence-corrected chi connectivity index (χ1v) is 19.3. The number of para-hydroxylation sites is 2. The average molecular weight is 715 g/mol. The van der Waals surface area contributed by atoms with E-state index in [1.807, 2.05) is 12.4 Å². The SMILES string of the molecule is C=C1CC2(C)c3cc(C)ccc3N3c4nccnc4N(c4ccc(C)cc4)C3C2(C)C2N(c3ccccc3)c3cc4ccccc4cc3N2c2ccccc21. The zero-order chi connectivity index (χ0) is 37.2. The van der Waals surface area contributed by atoms with Crippen molar-refractivity contribution in [1.29, 1.82) is 0 Å². The summed E-state index contributed by atoms with van der Waals surface area (Å²) in [6.07, 6.45) is 4.02. The van der Waals surface area contributed by atoms with Gasteiger partial charge >= 0.3 is 0 Å². The largest absolute Gasteiger partial charge is 0.317 e. The van der Waals surface area contributed by atoms with E-state index in [4.69, 9.17) is 16.5 Å². The summed E-state index contributed by atoms with van der Waals surface area (Å²) in [5, 5.41) is 2.44. The number of nitrogens with zero attached hydrogens (tertiary/aromatic N) is 6. The van der Waals surface area contributed by atoms with Gasteiger partial charge in [-0.25, -0.2) is 9.97 Å². The molecule has 55 heavy (non-hydrogen) atoms. The van der Waals surface area contributed by atoms with Crippen LogP contribution >= 0.6 is 0 Å².